The molecule has 4 amide bonds. The molecule has 28 heavy (non-hydrogen) atoms. The zero-order valence-corrected chi connectivity index (χ0v) is 14.7. The van der Waals surface area contributed by atoms with E-state index in [4.69, 9.17) is 0 Å². The van der Waals surface area contributed by atoms with Crippen LogP contribution < -0.4 is 21.3 Å². The Balaban J connectivity index is 2.08. The minimum Gasteiger partial charge on any atom is -0.341 e. The molecule has 0 saturated carbocycles. The van der Waals surface area contributed by atoms with Crippen molar-refractivity contribution >= 4 is 23.5 Å². The van der Waals surface area contributed by atoms with Gasteiger partial charge in [0, 0.05) is 7.05 Å². The smallest absolute Gasteiger partial charge is 0.321 e. The number of nitrogens with one attached hydrogen (secondary N) is 4. The molecule has 10 heteroatoms. The summed E-state index contributed by atoms with van der Waals surface area (Å²) < 4.78 is 39.8. The van der Waals surface area contributed by atoms with E-state index in [9.17, 15) is 27.6 Å². The zero-order chi connectivity index (χ0) is 20.7. The molecule has 2 rings (SSSR count). The van der Waals surface area contributed by atoms with Crippen LogP contribution >= 0.6 is 0 Å². The van der Waals surface area contributed by atoms with Gasteiger partial charge in [0.1, 0.15) is 6.04 Å². The summed E-state index contributed by atoms with van der Waals surface area (Å²) in [4.78, 5) is 35.7. The quantitative estimate of drug-likeness (QED) is 0.562. The molecule has 0 bridgehead atoms. The monoisotopic (exact) mass is 394 g/mol. The van der Waals surface area contributed by atoms with Crippen LogP contribution in [0.25, 0.3) is 0 Å². The van der Waals surface area contributed by atoms with E-state index in [1.165, 1.54) is 7.05 Å². The van der Waals surface area contributed by atoms with Crippen LogP contribution in [0.1, 0.15) is 11.6 Å². The summed E-state index contributed by atoms with van der Waals surface area (Å²) in [5.41, 5.74) is -0.0764. The summed E-state index contributed by atoms with van der Waals surface area (Å²) in [6, 6.07) is 7.99. The van der Waals surface area contributed by atoms with E-state index < -0.39 is 53.6 Å². The molecular weight excluding hydrogens is 377 g/mol. The van der Waals surface area contributed by atoms with Crippen LogP contribution in [0, 0.1) is 17.5 Å². The average Bonchev–Trinajstić information content (AvgIpc) is 2.69. The van der Waals surface area contributed by atoms with Crippen LogP contribution in [0.15, 0.2) is 42.5 Å². The summed E-state index contributed by atoms with van der Waals surface area (Å²) >= 11 is 0. The predicted molar refractivity (Wildman–Crippen MR) is 94.7 cm³/mol. The highest BCUT2D eigenvalue weighted by Crippen LogP contribution is 2.19. The highest BCUT2D eigenvalue weighted by Gasteiger charge is 2.23. The lowest BCUT2D eigenvalue weighted by atomic mass is 10.1. The van der Waals surface area contributed by atoms with Crippen molar-refractivity contribution < 1.29 is 27.6 Å². The van der Waals surface area contributed by atoms with E-state index >= 15 is 0 Å². The fourth-order valence-corrected chi connectivity index (χ4v) is 2.27. The second-order valence-corrected chi connectivity index (χ2v) is 5.56. The topological polar surface area (TPSA) is 99.3 Å². The molecule has 0 aliphatic rings. The first-order valence-electron chi connectivity index (χ1n) is 8.07. The van der Waals surface area contributed by atoms with E-state index in [0.29, 0.717) is 11.6 Å². The third-order valence-corrected chi connectivity index (χ3v) is 3.63. The molecule has 0 radical (unpaired) electrons. The maximum absolute atomic E-state index is 13.6. The molecule has 0 heterocycles. The van der Waals surface area contributed by atoms with Crippen molar-refractivity contribution in [2.75, 3.05) is 18.9 Å². The molecule has 4 N–H and O–H groups in total. The minimum atomic E-state index is -1.71. The number of benzene rings is 2. The number of amides is 4. The van der Waals surface area contributed by atoms with Crippen LogP contribution in [-0.2, 0) is 9.59 Å². The Morgan fingerprint density at radius 3 is 2.29 bits per heavy atom. The van der Waals surface area contributed by atoms with Gasteiger partial charge >= 0.3 is 6.03 Å². The molecule has 2 aromatic rings. The Kier molecular flexibility index (Phi) is 7.10. The van der Waals surface area contributed by atoms with Crippen molar-refractivity contribution in [2.45, 2.75) is 6.04 Å². The fourth-order valence-electron chi connectivity index (χ4n) is 2.27. The van der Waals surface area contributed by atoms with E-state index in [1.807, 2.05) is 0 Å². The normalized spacial score (nSPS) is 11.4. The van der Waals surface area contributed by atoms with Gasteiger partial charge < -0.3 is 10.6 Å². The van der Waals surface area contributed by atoms with Gasteiger partial charge in [0.15, 0.2) is 17.5 Å². The molecule has 2 aromatic carbocycles. The molecule has 0 fully saturated rings. The largest absolute Gasteiger partial charge is 0.341 e. The molecule has 148 valence electrons. The van der Waals surface area contributed by atoms with Crippen molar-refractivity contribution in [3.63, 3.8) is 0 Å². The number of carbonyl (C=O) groups is 3. The number of hydrogen-bond acceptors (Lipinski definition) is 4. The van der Waals surface area contributed by atoms with Crippen molar-refractivity contribution in [1.29, 1.82) is 0 Å². The lowest BCUT2D eigenvalue weighted by Crippen LogP contribution is -2.45. The van der Waals surface area contributed by atoms with Crippen LogP contribution in [-0.4, -0.2) is 31.4 Å². The third-order valence-electron chi connectivity index (χ3n) is 3.63. The number of carbonyl (C=O) groups excluding carboxylic acids is 3. The summed E-state index contributed by atoms with van der Waals surface area (Å²) in [6.07, 6.45) is 0. The summed E-state index contributed by atoms with van der Waals surface area (Å²) in [7, 11) is 1.33. The second-order valence-electron chi connectivity index (χ2n) is 5.56. The standard InChI is InChI=1S/C18H17F3N4O3/c1-22-18(28)25-17(27)16(10-5-3-2-4-6-10)23-9-13(26)24-12-8-7-11(19)14(20)15(12)21/h2-8,16,23H,9H2,1H3,(H,24,26)(H2,22,25,27,28)/t16-/m1/s1. The van der Waals surface area contributed by atoms with Gasteiger partial charge in [-0.2, -0.15) is 0 Å². The molecule has 7 nitrogen and oxygen atoms in total. The molecule has 0 saturated heterocycles. The molecule has 0 aliphatic carbocycles. The first kappa shape index (κ1) is 20.9. The molecule has 0 aliphatic heterocycles. The predicted octanol–water partition coefficient (Wildman–Crippen LogP) is 1.83. The van der Waals surface area contributed by atoms with E-state index in [2.05, 4.69) is 21.3 Å². The number of hydrogen-bond donors (Lipinski definition) is 4. The second kappa shape index (κ2) is 9.51. The highest BCUT2D eigenvalue weighted by molar-refractivity contribution is 5.98. The summed E-state index contributed by atoms with van der Waals surface area (Å²) in [6.45, 7) is -0.473. The van der Waals surface area contributed by atoms with Gasteiger partial charge in [-0.3, -0.25) is 20.2 Å². The molecule has 0 unspecified atom stereocenters. The lowest BCUT2D eigenvalue weighted by molar-refractivity contribution is -0.122. The Hall–Kier alpha value is -3.40. The van der Waals surface area contributed by atoms with Gasteiger partial charge in [0.2, 0.25) is 11.8 Å². The van der Waals surface area contributed by atoms with Crippen molar-refractivity contribution in [3.8, 4) is 0 Å². The Bertz CT molecular complexity index is 878. The molecule has 1 atom stereocenters. The number of imide groups is 1. The van der Waals surface area contributed by atoms with Crippen LogP contribution in [0.2, 0.25) is 0 Å². The van der Waals surface area contributed by atoms with Gasteiger partial charge in [0.25, 0.3) is 0 Å². The summed E-state index contributed by atoms with van der Waals surface area (Å²) in [5, 5.41) is 9.04. The first-order chi connectivity index (χ1) is 13.3. The van der Waals surface area contributed by atoms with E-state index in [1.54, 1.807) is 30.3 Å². The first-order valence-corrected chi connectivity index (χ1v) is 8.07. The lowest BCUT2D eigenvalue weighted by Gasteiger charge is -2.18. The van der Waals surface area contributed by atoms with Crippen LogP contribution in [0.4, 0.5) is 23.7 Å². The van der Waals surface area contributed by atoms with Crippen molar-refractivity contribution in [2.24, 2.45) is 0 Å². The van der Waals surface area contributed by atoms with Gasteiger partial charge in [-0.05, 0) is 17.7 Å². The molecule has 0 spiro atoms. The van der Waals surface area contributed by atoms with E-state index in [0.717, 1.165) is 6.07 Å². The Labute approximate surface area is 158 Å². The Morgan fingerprint density at radius 1 is 0.964 bits per heavy atom. The zero-order valence-electron chi connectivity index (χ0n) is 14.7. The highest BCUT2D eigenvalue weighted by atomic mass is 19.2. The number of urea groups is 1. The van der Waals surface area contributed by atoms with Gasteiger partial charge in [-0.15, -0.1) is 0 Å². The SMILES string of the molecule is CNC(=O)NC(=O)[C@H](NCC(=O)Nc1ccc(F)c(F)c1F)c1ccccc1. The van der Waals surface area contributed by atoms with Crippen molar-refractivity contribution in [3.05, 3.63) is 65.5 Å². The number of anilines is 1. The third kappa shape index (κ3) is 5.30. The van der Waals surface area contributed by atoms with Crippen LogP contribution in [0.3, 0.4) is 0 Å². The average molecular weight is 394 g/mol. The molecule has 0 aromatic heterocycles. The fraction of sp³-hybridized carbons (Fsp3) is 0.167. The van der Waals surface area contributed by atoms with Gasteiger partial charge in [0.05, 0.1) is 12.2 Å². The Morgan fingerprint density at radius 2 is 1.64 bits per heavy atom. The summed E-state index contributed by atoms with van der Waals surface area (Å²) in [5.74, 6) is -6.16. The maximum Gasteiger partial charge on any atom is 0.321 e. The molecular formula is C18H17F3N4O3. The van der Waals surface area contributed by atoms with Gasteiger partial charge in [-0.1, -0.05) is 30.3 Å². The van der Waals surface area contributed by atoms with Crippen LogP contribution in [0.5, 0.6) is 0 Å². The van der Waals surface area contributed by atoms with Gasteiger partial charge in [-0.25, -0.2) is 18.0 Å². The maximum atomic E-state index is 13.6. The number of halogens is 3. The van der Waals surface area contributed by atoms with E-state index in [-0.39, 0.29) is 0 Å². The minimum absolute atomic E-state index is 0.468. The number of rotatable bonds is 6. The van der Waals surface area contributed by atoms with Crippen molar-refractivity contribution in [1.82, 2.24) is 16.0 Å².